The smallest absolute Gasteiger partial charge is 0.349 e. The fourth-order valence-corrected chi connectivity index (χ4v) is 5.32. The number of nitrogens with zero attached hydrogens (tertiary/aromatic N) is 3. The van der Waals surface area contributed by atoms with Gasteiger partial charge in [0.25, 0.3) is 0 Å². The topological polar surface area (TPSA) is 114 Å². The summed E-state index contributed by atoms with van der Waals surface area (Å²) in [5, 5.41) is 4.67. The van der Waals surface area contributed by atoms with E-state index in [1.807, 2.05) is 13.0 Å². The first kappa shape index (κ1) is 20.5. The number of carbonyl (C=O) groups excluding carboxylic acids is 1. The molecule has 11 heteroatoms. The van der Waals surface area contributed by atoms with Gasteiger partial charge >= 0.3 is 5.97 Å². The van der Waals surface area contributed by atoms with Gasteiger partial charge in [-0.1, -0.05) is 0 Å². The molecule has 0 saturated carbocycles. The molecule has 28 heavy (non-hydrogen) atoms. The van der Waals surface area contributed by atoms with Crippen molar-refractivity contribution >= 4 is 39.0 Å². The van der Waals surface area contributed by atoms with Crippen LogP contribution in [-0.2, 0) is 14.8 Å². The lowest BCUT2D eigenvalue weighted by Crippen LogP contribution is -2.30. The lowest BCUT2D eigenvalue weighted by Gasteiger charge is -2.17. The van der Waals surface area contributed by atoms with Crippen LogP contribution in [0.1, 0.15) is 28.3 Å². The summed E-state index contributed by atoms with van der Waals surface area (Å²) in [5.74, 6) is 1.53. The van der Waals surface area contributed by atoms with Gasteiger partial charge in [0.15, 0.2) is 0 Å². The summed E-state index contributed by atoms with van der Waals surface area (Å²) in [5.41, 5.74) is 0. The maximum atomic E-state index is 12.5. The first-order valence-electron chi connectivity index (χ1n) is 8.90. The average Bonchev–Trinajstić information content (AvgIpc) is 3.36. The van der Waals surface area contributed by atoms with Crippen LogP contribution >= 0.6 is 11.3 Å². The molecule has 0 atom stereocenters. The lowest BCUT2D eigenvalue weighted by molar-refractivity contribution is 0.0602. The fraction of sp³-hybridized carbons (Fsp3) is 0.471. The zero-order chi connectivity index (χ0) is 20.1. The van der Waals surface area contributed by atoms with Crippen LogP contribution in [0, 0.1) is 6.92 Å². The van der Waals surface area contributed by atoms with Gasteiger partial charge in [-0.05, 0) is 31.2 Å². The molecule has 0 amide bonds. The molecule has 3 rings (SSSR count). The number of carbonyl (C=O) groups is 1. The zero-order valence-corrected chi connectivity index (χ0v) is 17.4. The summed E-state index contributed by atoms with van der Waals surface area (Å²) in [4.78, 5) is 22.7. The largest absolute Gasteiger partial charge is 0.465 e. The number of nitrogens with one attached hydrogen (secondary N) is 2. The third-order valence-corrected chi connectivity index (χ3v) is 6.79. The van der Waals surface area contributed by atoms with Crippen molar-refractivity contribution in [2.45, 2.75) is 24.7 Å². The average molecular weight is 426 g/mol. The van der Waals surface area contributed by atoms with Crippen molar-refractivity contribution in [3.8, 4) is 0 Å². The van der Waals surface area contributed by atoms with Gasteiger partial charge in [0.1, 0.15) is 27.2 Å². The Morgan fingerprint density at radius 1 is 1.29 bits per heavy atom. The van der Waals surface area contributed by atoms with E-state index in [4.69, 9.17) is 0 Å². The summed E-state index contributed by atoms with van der Waals surface area (Å²) >= 11 is 1.03. The Labute approximate surface area is 168 Å². The number of sulfonamides is 1. The molecule has 1 saturated heterocycles. The molecule has 9 nitrogen and oxygen atoms in total. The Morgan fingerprint density at radius 2 is 2.04 bits per heavy atom. The normalized spacial score (nSPS) is 14.3. The molecule has 152 valence electrons. The molecule has 0 spiro atoms. The van der Waals surface area contributed by atoms with Gasteiger partial charge < -0.3 is 15.0 Å². The molecular weight excluding hydrogens is 402 g/mol. The van der Waals surface area contributed by atoms with Gasteiger partial charge in [-0.3, -0.25) is 0 Å². The van der Waals surface area contributed by atoms with E-state index >= 15 is 0 Å². The standard InChI is InChI=1S/C17H23N5O4S2/c1-12-20-14(11-15(21-12)22-8-3-4-9-22)18-6-7-19-28(24,25)13-5-10-27-16(13)17(23)26-2/h5,10-11,19H,3-4,6-9H2,1-2H3,(H,18,20,21). The molecule has 1 fully saturated rings. The number of methoxy groups -OCH3 is 1. The Kier molecular flexibility index (Phi) is 6.47. The highest BCUT2D eigenvalue weighted by Crippen LogP contribution is 2.23. The van der Waals surface area contributed by atoms with Gasteiger partial charge in [-0.2, -0.15) is 0 Å². The minimum Gasteiger partial charge on any atom is -0.465 e. The number of aromatic nitrogens is 2. The van der Waals surface area contributed by atoms with Crippen LogP contribution in [0.25, 0.3) is 0 Å². The predicted molar refractivity (Wildman–Crippen MR) is 108 cm³/mol. The molecule has 2 N–H and O–H groups in total. The second-order valence-corrected chi connectivity index (χ2v) is 8.93. The molecule has 0 bridgehead atoms. The van der Waals surface area contributed by atoms with Crippen LogP contribution in [0.5, 0.6) is 0 Å². The second kappa shape index (κ2) is 8.84. The lowest BCUT2D eigenvalue weighted by atomic mass is 10.4. The third kappa shape index (κ3) is 4.78. The quantitative estimate of drug-likeness (QED) is 0.485. The monoisotopic (exact) mass is 425 g/mol. The highest BCUT2D eigenvalue weighted by molar-refractivity contribution is 7.89. The van der Waals surface area contributed by atoms with Gasteiger partial charge in [0, 0.05) is 32.2 Å². The van der Waals surface area contributed by atoms with Crippen LogP contribution in [0.15, 0.2) is 22.4 Å². The van der Waals surface area contributed by atoms with Gasteiger partial charge in [0.2, 0.25) is 10.0 Å². The number of hydrogen-bond acceptors (Lipinski definition) is 9. The van der Waals surface area contributed by atoms with Crippen molar-refractivity contribution < 1.29 is 17.9 Å². The molecular formula is C17H23N5O4S2. The SMILES string of the molecule is COC(=O)c1sccc1S(=O)(=O)NCCNc1cc(N2CCCC2)nc(C)n1. The summed E-state index contributed by atoms with van der Waals surface area (Å²) in [6.07, 6.45) is 2.31. The van der Waals surface area contributed by atoms with E-state index < -0.39 is 16.0 Å². The Morgan fingerprint density at radius 3 is 2.75 bits per heavy atom. The van der Waals surface area contributed by atoms with Crippen molar-refractivity contribution in [3.05, 3.63) is 28.2 Å². The second-order valence-electron chi connectivity index (χ2n) is 6.28. The Hall–Kier alpha value is -2.24. The van der Waals surface area contributed by atoms with Gasteiger partial charge in [-0.15, -0.1) is 11.3 Å². The summed E-state index contributed by atoms with van der Waals surface area (Å²) < 4.78 is 32.0. The number of hydrogen-bond donors (Lipinski definition) is 2. The molecule has 2 aromatic heterocycles. The van der Waals surface area contributed by atoms with E-state index in [1.165, 1.54) is 13.2 Å². The van der Waals surface area contributed by atoms with Gasteiger partial charge in [0.05, 0.1) is 7.11 Å². The van der Waals surface area contributed by atoms with Crippen molar-refractivity contribution in [1.29, 1.82) is 0 Å². The number of thiophene rings is 1. The highest BCUT2D eigenvalue weighted by atomic mass is 32.2. The molecule has 2 aromatic rings. The fourth-order valence-electron chi connectivity index (χ4n) is 2.96. The number of anilines is 2. The van der Waals surface area contributed by atoms with E-state index in [-0.39, 0.29) is 16.3 Å². The Balaban J connectivity index is 1.58. The van der Waals surface area contributed by atoms with E-state index in [9.17, 15) is 13.2 Å². The van der Waals surface area contributed by atoms with E-state index in [2.05, 4.69) is 29.6 Å². The van der Waals surface area contributed by atoms with Crippen LogP contribution < -0.4 is 14.9 Å². The number of rotatable bonds is 8. The van der Waals surface area contributed by atoms with Crippen LogP contribution in [0.2, 0.25) is 0 Å². The van der Waals surface area contributed by atoms with Gasteiger partial charge in [-0.25, -0.2) is 27.9 Å². The molecule has 3 heterocycles. The maximum absolute atomic E-state index is 12.5. The zero-order valence-electron chi connectivity index (χ0n) is 15.8. The third-order valence-electron chi connectivity index (χ3n) is 4.27. The van der Waals surface area contributed by atoms with Crippen molar-refractivity contribution in [2.24, 2.45) is 0 Å². The van der Waals surface area contributed by atoms with Crippen molar-refractivity contribution in [2.75, 3.05) is 43.5 Å². The minimum atomic E-state index is -3.81. The van der Waals surface area contributed by atoms with Crippen LogP contribution in [0.4, 0.5) is 11.6 Å². The Bertz CT molecular complexity index is 939. The first-order chi connectivity index (χ1) is 13.4. The summed E-state index contributed by atoms with van der Waals surface area (Å²) in [7, 11) is -2.59. The highest BCUT2D eigenvalue weighted by Gasteiger charge is 2.24. The number of ether oxygens (including phenoxy) is 1. The summed E-state index contributed by atoms with van der Waals surface area (Å²) in [6, 6.07) is 3.27. The van der Waals surface area contributed by atoms with E-state index in [1.54, 1.807) is 5.38 Å². The molecule has 1 aliphatic heterocycles. The maximum Gasteiger partial charge on any atom is 0.349 e. The summed E-state index contributed by atoms with van der Waals surface area (Å²) in [6.45, 7) is 4.28. The number of esters is 1. The molecule has 0 aliphatic carbocycles. The predicted octanol–water partition coefficient (Wildman–Crippen LogP) is 1.62. The van der Waals surface area contributed by atoms with Crippen LogP contribution in [-0.4, -0.2) is 57.6 Å². The first-order valence-corrected chi connectivity index (χ1v) is 11.3. The minimum absolute atomic E-state index is 0.0599. The molecule has 0 aromatic carbocycles. The van der Waals surface area contributed by atoms with Crippen molar-refractivity contribution in [1.82, 2.24) is 14.7 Å². The molecule has 0 radical (unpaired) electrons. The van der Waals surface area contributed by atoms with Crippen molar-refractivity contribution in [3.63, 3.8) is 0 Å². The number of aryl methyl sites for hydroxylation is 1. The molecule has 0 unspecified atom stereocenters. The molecule has 1 aliphatic rings. The van der Waals surface area contributed by atoms with E-state index in [0.29, 0.717) is 18.2 Å². The van der Waals surface area contributed by atoms with E-state index in [0.717, 1.165) is 43.1 Å². The van der Waals surface area contributed by atoms with Crippen LogP contribution in [0.3, 0.4) is 0 Å².